The van der Waals surface area contributed by atoms with Gasteiger partial charge in [0.15, 0.2) is 0 Å². The van der Waals surface area contributed by atoms with Crippen LogP contribution in [0.25, 0.3) is 21.2 Å². The number of ether oxygens (including phenoxy) is 1. The Morgan fingerprint density at radius 1 is 0.977 bits per heavy atom. The highest BCUT2D eigenvalue weighted by molar-refractivity contribution is 7.21. The molecular formula is C34H36ClF2N3O3S. The van der Waals surface area contributed by atoms with E-state index in [0.29, 0.717) is 25.7 Å². The van der Waals surface area contributed by atoms with Crippen LogP contribution in [0, 0.1) is 18.6 Å². The fraction of sp³-hybridized carbons (Fsp3) is 0.382. The Kier molecular flexibility index (Phi) is 9.28. The summed E-state index contributed by atoms with van der Waals surface area (Å²) < 4.78 is 35.0. The Bertz CT molecular complexity index is 1680. The Balaban J connectivity index is 1.47. The van der Waals surface area contributed by atoms with Gasteiger partial charge >= 0.3 is 6.09 Å². The van der Waals surface area contributed by atoms with Crippen molar-refractivity contribution < 1.29 is 23.1 Å². The molecule has 1 saturated carbocycles. The van der Waals surface area contributed by atoms with Gasteiger partial charge in [-0.2, -0.15) is 0 Å². The third-order valence-corrected chi connectivity index (χ3v) is 9.85. The van der Waals surface area contributed by atoms with E-state index >= 15 is 0 Å². The molecule has 2 heterocycles. The van der Waals surface area contributed by atoms with Gasteiger partial charge in [0.1, 0.15) is 22.1 Å². The molecule has 0 bridgehead atoms. The third-order valence-electron chi connectivity index (χ3n) is 8.18. The number of hydrogen-bond acceptors (Lipinski definition) is 5. The Labute approximate surface area is 265 Å². The SMILES string of the molecule is Cc1ccc(-c2ccncc2)cc1CN(C(=O)c1sc2c(F)ccc(F)c2c1Cl)C1CCC(N(C)C(=O)OC(C)(C)C)CC1. The standard InChI is InChI=1S/C34H36ClF2N3O3S/c1-20-6-7-22(21-14-16-38-17-15-21)18-23(20)19-40(25-10-8-24(9-11-25)39(5)33(42)43-34(2,3)4)32(41)31-29(35)28-26(36)12-13-27(37)30(28)44-31/h6-7,12-18,24-25H,8-11,19H2,1-5H3. The number of amides is 2. The van der Waals surface area contributed by atoms with Gasteiger partial charge in [0.25, 0.3) is 5.91 Å². The van der Waals surface area contributed by atoms with E-state index in [2.05, 4.69) is 11.1 Å². The molecule has 0 unspecified atom stereocenters. The predicted molar refractivity (Wildman–Crippen MR) is 171 cm³/mol. The van der Waals surface area contributed by atoms with E-state index in [-0.39, 0.29) is 50.6 Å². The lowest BCUT2D eigenvalue weighted by atomic mass is 9.88. The Morgan fingerprint density at radius 2 is 1.61 bits per heavy atom. The summed E-state index contributed by atoms with van der Waals surface area (Å²) in [6.07, 6.45) is 5.71. The number of hydrogen-bond donors (Lipinski definition) is 0. The maximum absolute atomic E-state index is 14.7. The first-order valence-electron chi connectivity index (χ1n) is 14.7. The number of carbonyl (C=O) groups excluding carboxylic acids is 2. The number of fused-ring (bicyclic) bond motifs is 1. The van der Waals surface area contributed by atoms with Crippen molar-refractivity contribution in [3.8, 4) is 11.1 Å². The number of benzene rings is 2. The summed E-state index contributed by atoms with van der Waals surface area (Å²) >= 11 is 7.48. The topological polar surface area (TPSA) is 62.7 Å². The first-order valence-corrected chi connectivity index (χ1v) is 15.9. The van der Waals surface area contributed by atoms with Crippen LogP contribution in [0.4, 0.5) is 13.6 Å². The van der Waals surface area contributed by atoms with E-state index in [9.17, 15) is 18.4 Å². The minimum absolute atomic E-state index is 0.0249. The molecule has 2 amide bonds. The molecule has 0 aliphatic heterocycles. The second-order valence-corrected chi connectivity index (χ2v) is 13.7. The zero-order chi connectivity index (χ0) is 31.8. The fourth-order valence-corrected chi connectivity index (χ4v) is 7.23. The second-order valence-electron chi connectivity index (χ2n) is 12.3. The number of carbonyl (C=O) groups is 2. The van der Waals surface area contributed by atoms with Gasteiger partial charge in [-0.3, -0.25) is 9.78 Å². The van der Waals surface area contributed by atoms with E-state index in [0.717, 1.165) is 45.7 Å². The molecule has 1 fully saturated rings. The molecule has 0 atom stereocenters. The third kappa shape index (κ3) is 6.74. The minimum Gasteiger partial charge on any atom is -0.444 e. The van der Waals surface area contributed by atoms with E-state index in [4.69, 9.17) is 16.3 Å². The van der Waals surface area contributed by atoms with Gasteiger partial charge in [-0.15, -0.1) is 11.3 Å². The molecule has 0 radical (unpaired) electrons. The van der Waals surface area contributed by atoms with Crippen molar-refractivity contribution in [1.82, 2.24) is 14.8 Å². The molecule has 0 N–H and O–H groups in total. The number of aryl methyl sites for hydroxylation is 1. The molecule has 1 aliphatic rings. The molecule has 2 aromatic heterocycles. The van der Waals surface area contributed by atoms with Crippen molar-refractivity contribution in [2.75, 3.05) is 7.05 Å². The molecule has 5 rings (SSSR count). The highest BCUT2D eigenvalue weighted by Crippen LogP contribution is 2.40. The quantitative estimate of drug-likeness (QED) is 0.211. The largest absolute Gasteiger partial charge is 0.444 e. The Hall–Kier alpha value is -3.56. The van der Waals surface area contributed by atoms with Gasteiger partial charge in [-0.25, -0.2) is 13.6 Å². The first-order chi connectivity index (χ1) is 20.8. The van der Waals surface area contributed by atoms with Gasteiger partial charge in [-0.05, 0) is 106 Å². The van der Waals surface area contributed by atoms with Gasteiger partial charge in [-0.1, -0.05) is 23.7 Å². The molecule has 10 heteroatoms. The molecular weight excluding hydrogens is 604 g/mol. The van der Waals surface area contributed by atoms with Crippen molar-refractivity contribution in [2.24, 2.45) is 0 Å². The van der Waals surface area contributed by atoms with Crippen LogP contribution in [0.2, 0.25) is 5.02 Å². The van der Waals surface area contributed by atoms with Crippen molar-refractivity contribution >= 4 is 45.0 Å². The number of halogens is 3. The monoisotopic (exact) mass is 639 g/mol. The molecule has 1 aliphatic carbocycles. The van der Waals surface area contributed by atoms with Crippen molar-refractivity contribution in [3.63, 3.8) is 0 Å². The summed E-state index contributed by atoms with van der Waals surface area (Å²) in [6, 6.07) is 11.9. The number of rotatable bonds is 6. The first kappa shape index (κ1) is 31.9. The lowest BCUT2D eigenvalue weighted by molar-refractivity contribution is 0.0144. The van der Waals surface area contributed by atoms with E-state index in [1.165, 1.54) is 0 Å². The zero-order valence-electron chi connectivity index (χ0n) is 25.5. The summed E-state index contributed by atoms with van der Waals surface area (Å²) in [5, 5.41) is -0.142. The minimum atomic E-state index is -0.667. The van der Waals surface area contributed by atoms with Crippen LogP contribution in [-0.2, 0) is 11.3 Å². The van der Waals surface area contributed by atoms with Crippen LogP contribution in [-0.4, -0.2) is 51.5 Å². The van der Waals surface area contributed by atoms with Crippen LogP contribution in [0.5, 0.6) is 0 Å². The molecule has 6 nitrogen and oxygen atoms in total. The van der Waals surface area contributed by atoms with E-state index in [1.54, 1.807) is 29.2 Å². The van der Waals surface area contributed by atoms with Crippen LogP contribution in [0.1, 0.15) is 67.3 Å². The van der Waals surface area contributed by atoms with Crippen LogP contribution >= 0.6 is 22.9 Å². The molecule has 2 aromatic carbocycles. The van der Waals surface area contributed by atoms with Gasteiger partial charge in [0, 0.05) is 38.1 Å². The lowest BCUT2D eigenvalue weighted by Gasteiger charge is -2.40. The van der Waals surface area contributed by atoms with Crippen molar-refractivity contribution in [3.05, 3.63) is 87.5 Å². The molecule has 0 spiro atoms. The zero-order valence-corrected chi connectivity index (χ0v) is 27.1. The van der Waals surface area contributed by atoms with Crippen molar-refractivity contribution in [2.45, 2.75) is 77.6 Å². The molecule has 232 valence electrons. The highest BCUT2D eigenvalue weighted by atomic mass is 35.5. The van der Waals surface area contributed by atoms with Crippen LogP contribution in [0.15, 0.2) is 54.9 Å². The fourth-order valence-electron chi connectivity index (χ4n) is 5.72. The summed E-state index contributed by atoms with van der Waals surface area (Å²) in [5.41, 5.74) is 3.36. The van der Waals surface area contributed by atoms with Crippen LogP contribution < -0.4 is 0 Å². The Morgan fingerprint density at radius 3 is 2.25 bits per heavy atom. The normalized spacial score (nSPS) is 17.0. The van der Waals surface area contributed by atoms with Gasteiger partial charge in [0.2, 0.25) is 0 Å². The smallest absolute Gasteiger partial charge is 0.410 e. The maximum atomic E-state index is 14.7. The summed E-state index contributed by atoms with van der Waals surface area (Å²) in [6.45, 7) is 7.79. The number of pyridine rings is 1. The summed E-state index contributed by atoms with van der Waals surface area (Å²) in [7, 11) is 1.75. The lowest BCUT2D eigenvalue weighted by Crippen LogP contribution is -2.47. The maximum Gasteiger partial charge on any atom is 0.410 e. The molecule has 44 heavy (non-hydrogen) atoms. The molecule has 0 saturated heterocycles. The van der Waals surface area contributed by atoms with Crippen LogP contribution in [0.3, 0.4) is 0 Å². The number of aromatic nitrogens is 1. The van der Waals surface area contributed by atoms with E-state index < -0.39 is 17.2 Å². The number of thiophene rings is 1. The summed E-state index contributed by atoms with van der Waals surface area (Å²) in [4.78, 5) is 34.7. The average Bonchev–Trinajstić information content (AvgIpc) is 3.36. The highest BCUT2D eigenvalue weighted by Gasteiger charge is 2.35. The van der Waals surface area contributed by atoms with E-state index in [1.807, 2.05) is 52.0 Å². The van der Waals surface area contributed by atoms with Crippen molar-refractivity contribution in [1.29, 1.82) is 0 Å². The van der Waals surface area contributed by atoms with Gasteiger partial charge < -0.3 is 14.5 Å². The summed E-state index contributed by atoms with van der Waals surface area (Å²) in [5.74, 6) is -1.65. The van der Waals surface area contributed by atoms with Gasteiger partial charge in [0.05, 0.1) is 15.1 Å². The second kappa shape index (κ2) is 12.8. The molecule has 4 aromatic rings. The predicted octanol–water partition coefficient (Wildman–Crippen LogP) is 9.02. The number of nitrogens with zero attached hydrogens (tertiary/aromatic N) is 3. The average molecular weight is 640 g/mol.